The smallest absolute Gasteiger partial charge is 0.266 e. The summed E-state index contributed by atoms with van der Waals surface area (Å²) in [6, 6.07) is 4.20. The van der Waals surface area contributed by atoms with Crippen LogP contribution in [-0.2, 0) is 0 Å². The lowest BCUT2D eigenvalue weighted by molar-refractivity contribution is 0.0602. The van der Waals surface area contributed by atoms with Crippen LogP contribution in [0.3, 0.4) is 0 Å². The van der Waals surface area contributed by atoms with Crippen LogP contribution in [0.4, 0.5) is 17.6 Å². The van der Waals surface area contributed by atoms with Gasteiger partial charge in [-0.1, -0.05) is 64.0 Å². The molecule has 0 spiro atoms. The van der Waals surface area contributed by atoms with Crippen molar-refractivity contribution in [1.82, 2.24) is 4.90 Å². The van der Waals surface area contributed by atoms with Gasteiger partial charge < -0.3 is 0 Å². The Morgan fingerprint density at radius 3 is 1.48 bits per heavy atom. The van der Waals surface area contributed by atoms with Gasteiger partial charge in [-0.3, -0.25) is 14.5 Å². The highest BCUT2D eigenvalue weighted by atomic mass is 19.1. The van der Waals surface area contributed by atoms with Crippen molar-refractivity contribution in [3.05, 3.63) is 69.8 Å². The largest absolute Gasteiger partial charge is 0.274 e. The normalized spacial score (nSPS) is 11.0. The van der Waals surface area contributed by atoms with Gasteiger partial charge in [0.1, 0.15) is 34.4 Å². The first kappa shape index (κ1) is 26.6. The molecule has 2 aromatic carbocycles. The summed E-state index contributed by atoms with van der Waals surface area (Å²) in [6.45, 7) is 4.64. The average Bonchev–Trinajstić information content (AvgIpc) is 2.78. The summed E-state index contributed by atoms with van der Waals surface area (Å²) in [5.74, 6) is -6.97. The zero-order valence-corrected chi connectivity index (χ0v) is 19.4. The molecule has 0 atom stereocenters. The van der Waals surface area contributed by atoms with E-state index in [1.165, 1.54) is 26.0 Å². The fourth-order valence-corrected chi connectivity index (χ4v) is 3.67. The van der Waals surface area contributed by atoms with E-state index in [1.807, 2.05) is 0 Å². The van der Waals surface area contributed by atoms with Crippen LogP contribution < -0.4 is 0 Å². The Morgan fingerprint density at radius 1 is 0.667 bits per heavy atom. The van der Waals surface area contributed by atoms with E-state index >= 15 is 0 Å². The van der Waals surface area contributed by atoms with E-state index in [-0.39, 0.29) is 17.7 Å². The summed E-state index contributed by atoms with van der Waals surface area (Å²) in [4.78, 5) is 26.7. The number of carbonyl (C=O) groups excluding carboxylic acids is 2. The summed E-state index contributed by atoms with van der Waals surface area (Å²) >= 11 is 0. The Labute approximate surface area is 192 Å². The fraction of sp³-hybridized carbons (Fsp3) is 0.462. The maximum Gasteiger partial charge on any atom is 0.266 e. The van der Waals surface area contributed by atoms with Crippen molar-refractivity contribution in [2.45, 2.75) is 72.1 Å². The van der Waals surface area contributed by atoms with Gasteiger partial charge in [0.2, 0.25) is 0 Å². The van der Waals surface area contributed by atoms with Crippen LogP contribution in [0, 0.1) is 37.1 Å². The Balaban J connectivity index is 2.28. The van der Waals surface area contributed by atoms with Crippen molar-refractivity contribution in [3.63, 3.8) is 0 Å². The number of benzene rings is 2. The van der Waals surface area contributed by atoms with Crippen LogP contribution in [0.15, 0.2) is 24.3 Å². The van der Waals surface area contributed by atoms with E-state index < -0.39 is 46.2 Å². The van der Waals surface area contributed by atoms with Crippen LogP contribution in [0.5, 0.6) is 0 Å². The second-order valence-electron chi connectivity index (χ2n) is 8.34. The highest BCUT2D eigenvalue weighted by molar-refractivity contribution is 6.10. The molecule has 0 fully saturated rings. The van der Waals surface area contributed by atoms with E-state index in [0.29, 0.717) is 17.7 Å². The fourth-order valence-electron chi connectivity index (χ4n) is 3.67. The topological polar surface area (TPSA) is 37.4 Å². The van der Waals surface area contributed by atoms with Crippen molar-refractivity contribution in [2.24, 2.45) is 0 Å². The van der Waals surface area contributed by atoms with Gasteiger partial charge in [0.25, 0.3) is 11.8 Å². The summed E-state index contributed by atoms with van der Waals surface area (Å²) in [7, 11) is 0. The third-order valence-corrected chi connectivity index (χ3v) is 5.72. The van der Waals surface area contributed by atoms with Crippen molar-refractivity contribution in [1.29, 1.82) is 0 Å². The molecule has 2 rings (SSSR count). The molecule has 3 nitrogen and oxygen atoms in total. The lowest BCUT2D eigenvalue weighted by Crippen LogP contribution is -2.39. The molecule has 33 heavy (non-hydrogen) atoms. The molecule has 0 aliphatic heterocycles. The maximum absolute atomic E-state index is 14.6. The maximum atomic E-state index is 14.6. The summed E-state index contributed by atoms with van der Waals surface area (Å²) in [5, 5.41) is 0. The number of unbranched alkanes of at least 4 members (excludes halogenated alkanes) is 7. The molecule has 0 radical (unpaired) electrons. The average molecular weight is 466 g/mol. The number of imide groups is 1. The first-order valence-electron chi connectivity index (χ1n) is 11.5. The molecule has 0 heterocycles. The van der Waals surface area contributed by atoms with E-state index in [2.05, 4.69) is 6.92 Å². The van der Waals surface area contributed by atoms with Gasteiger partial charge in [0.15, 0.2) is 0 Å². The molecule has 0 saturated carbocycles. The van der Waals surface area contributed by atoms with Crippen LogP contribution in [0.1, 0.15) is 90.1 Å². The van der Waals surface area contributed by atoms with Gasteiger partial charge in [-0.15, -0.1) is 0 Å². The van der Waals surface area contributed by atoms with Crippen LogP contribution in [0.2, 0.25) is 0 Å². The highest BCUT2D eigenvalue weighted by Crippen LogP contribution is 2.23. The molecule has 180 valence electrons. The number of amides is 2. The number of hydrogen-bond acceptors (Lipinski definition) is 2. The summed E-state index contributed by atoms with van der Waals surface area (Å²) in [5.41, 5.74) is -1.77. The molecule has 2 amide bonds. The Kier molecular flexibility index (Phi) is 10.1. The standard InChI is InChI=1S/C26H31F4NO2/c1-4-5-6-7-8-9-10-11-16-31(25(32)21-19(27)14-12-17(2)23(21)29)26(33)22-20(28)15-13-18(3)24(22)30/h12-15H,4-11,16H2,1-3H3. The SMILES string of the molecule is CCCCCCCCCCN(C(=O)c1c(F)ccc(C)c1F)C(=O)c1c(F)ccc(C)c1F. The second-order valence-corrected chi connectivity index (χ2v) is 8.34. The lowest BCUT2D eigenvalue weighted by atomic mass is 10.0. The molecule has 2 aromatic rings. The number of aryl methyl sites for hydroxylation is 2. The van der Waals surface area contributed by atoms with Gasteiger partial charge in [-0.05, 0) is 43.5 Å². The third-order valence-electron chi connectivity index (χ3n) is 5.72. The van der Waals surface area contributed by atoms with E-state index in [0.717, 1.165) is 50.7 Å². The predicted molar refractivity (Wildman–Crippen MR) is 120 cm³/mol. The molecule has 0 aliphatic carbocycles. The van der Waals surface area contributed by atoms with Crippen molar-refractivity contribution >= 4 is 11.8 Å². The first-order valence-corrected chi connectivity index (χ1v) is 11.5. The molecular formula is C26H31F4NO2. The minimum Gasteiger partial charge on any atom is -0.274 e. The van der Waals surface area contributed by atoms with Gasteiger partial charge in [-0.2, -0.15) is 0 Å². The number of nitrogens with zero attached hydrogens (tertiary/aromatic N) is 1. The van der Waals surface area contributed by atoms with Crippen molar-refractivity contribution in [3.8, 4) is 0 Å². The molecule has 0 unspecified atom stereocenters. The zero-order chi connectivity index (χ0) is 24.5. The van der Waals surface area contributed by atoms with Gasteiger partial charge >= 0.3 is 0 Å². The van der Waals surface area contributed by atoms with Crippen LogP contribution in [-0.4, -0.2) is 23.3 Å². The van der Waals surface area contributed by atoms with Gasteiger partial charge in [0, 0.05) is 6.54 Å². The highest BCUT2D eigenvalue weighted by Gasteiger charge is 2.32. The number of carbonyl (C=O) groups is 2. The first-order chi connectivity index (χ1) is 15.7. The monoisotopic (exact) mass is 465 g/mol. The summed E-state index contributed by atoms with van der Waals surface area (Å²) < 4.78 is 58.0. The van der Waals surface area contributed by atoms with Crippen molar-refractivity contribution < 1.29 is 27.2 Å². The molecule has 0 N–H and O–H groups in total. The molecule has 0 aliphatic rings. The number of halogens is 4. The quantitative estimate of drug-likeness (QED) is 0.199. The van der Waals surface area contributed by atoms with E-state index in [1.54, 1.807) is 0 Å². The zero-order valence-electron chi connectivity index (χ0n) is 19.4. The molecule has 0 saturated heterocycles. The Morgan fingerprint density at radius 2 is 1.06 bits per heavy atom. The Bertz CT molecular complexity index is 921. The second kappa shape index (κ2) is 12.5. The van der Waals surface area contributed by atoms with Gasteiger partial charge in [0.05, 0.1) is 0 Å². The molecular weight excluding hydrogens is 434 g/mol. The minimum absolute atomic E-state index is 0.0205. The van der Waals surface area contributed by atoms with E-state index in [4.69, 9.17) is 0 Å². The van der Waals surface area contributed by atoms with Gasteiger partial charge in [-0.25, -0.2) is 17.6 Å². The lowest BCUT2D eigenvalue weighted by Gasteiger charge is -2.23. The summed E-state index contributed by atoms with van der Waals surface area (Å²) in [6.07, 6.45) is 7.39. The third kappa shape index (κ3) is 6.65. The van der Waals surface area contributed by atoms with Crippen LogP contribution in [0.25, 0.3) is 0 Å². The van der Waals surface area contributed by atoms with Crippen molar-refractivity contribution in [2.75, 3.05) is 6.54 Å². The molecule has 7 heteroatoms. The minimum atomic E-state index is -1.25. The molecule has 0 bridgehead atoms. The Hall–Kier alpha value is -2.70. The number of rotatable bonds is 11. The van der Waals surface area contributed by atoms with E-state index in [9.17, 15) is 27.2 Å². The predicted octanol–water partition coefficient (Wildman–Crippen LogP) is 7.28. The van der Waals surface area contributed by atoms with Crippen LogP contribution >= 0.6 is 0 Å². The molecule has 0 aromatic heterocycles. The number of hydrogen-bond donors (Lipinski definition) is 0.